The van der Waals surface area contributed by atoms with Crippen LogP contribution in [0.25, 0.3) is 0 Å². The van der Waals surface area contributed by atoms with Crippen molar-refractivity contribution in [2.24, 2.45) is 9.98 Å². The minimum atomic E-state index is -0.611. The first-order valence-corrected chi connectivity index (χ1v) is 3.60. The van der Waals surface area contributed by atoms with E-state index in [1.165, 1.54) is 12.2 Å². The molecule has 0 saturated carbocycles. The summed E-state index contributed by atoms with van der Waals surface area (Å²) in [6, 6.07) is 0. The molecule has 0 aliphatic carbocycles. The first-order valence-electron chi connectivity index (χ1n) is 3.60. The summed E-state index contributed by atoms with van der Waals surface area (Å²) in [6.07, 6.45) is 6.02. The molecule has 4 heteroatoms. The maximum atomic E-state index is 9.82. The van der Waals surface area contributed by atoms with Crippen molar-refractivity contribution in [3.05, 3.63) is 12.7 Å². The fourth-order valence-electron chi connectivity index (χ4n) is 0.724. The third-order valence-corrected chi connectivity index (χ3v) is 1.27. The number of carbonyl (C=O) groups excluding carboxylic acids is 2. The van der Waals surface area contributed by atoms with Crippen LogP contribution in [-0.2, 0) is 9.59 Å². The molecule has 0 aromatic rings. The second-order valence-corrected chi connectivity index (χ2v) is 2.14. The van der Waals surface area contributed by atoms with Crippen LogP contribution in [0.4, 0.5) is 0 Å². The predicted molar refractivity (Wildman–Crippen MR) is 44.1 cm³/mol. The summed E-state index contributed by atoms with van der Waals surface area (Å²) in [7, 11) is 0. The van der Waals surface area contributed by atoms with Crippen LogP contribution in [-0.4, -0.2) is 18.3 Å². The Kier molecular flexibility index (Phi) is 6.65. The Morgan fingerprint density at radius 1 is 1.33 bits per heavy atom. The van der Waals surface area contributed by atoms with Gasteiger partial charge in [-0.1, -0.05) is 6.08 Å². The normalized spacial score (nSPS) is 10.7. The molecule has 0 N–H and O–H groups in total. The molecule has 12 heavy (non-hydrogen) atoms. The van der Waals surface area contributed by atoms with Gasteiger partial charge in [-0.05, 0) is 19.3 Å². The standard InChI is InChI=1S/C8H10N2O2/c1-2-3-4-5-8(9-6-11)10-7-12/h2,8H,1,3-5H2. The summed E-state index contributed by atoms with van der Waals surface area (Å²) in [6.45, 7) is 3.53. The highest BCUT2D eigenvalue weighted by Crippen LogP contribution is 2.04. The Morgan fingerprint density at radius 3 is 2.33 bits per heavy atom. The summed E-state index contributed by atoms with van der Waals surface area (Å²) in [5.41, 5.74) is 0. The number of aliphatic imine (C=N–C) groups is 2. The molecule has 0 saturated heterocycles. The zero-order chi connectivity index (χ0) is 9.23. The smallest absolute Gasteiger partial charge is 0.211 e. The summed E-state index contributed by atoms with van der Waals surface area (Å²) in [5, 5.41) is 0. The van der Waals surface area contributed by atoms with E-state index in [9.17, 15) is 9.59 Å². The van der Waals surface area contributed by atoms with E-state index in [1.54, 1.807) is 6.08 Å². The van der Waals surface area contributed by atoms with E-state index in [0.29, 0.717) is 6.42 Å². The van der Waals surface area contributed by atoms with Gasteiger partial charge in [0, 0.05) is 0 Å². The maximum Gasteiger partial charge on any atom is 0.237 e. The Morgan fingerprint density at radius 2 is 1.92 bits per heavy atom. The maximum absolute atomic E-state index is 9.82. The van der Waals surface area contributed by atoms with Crippen LogP contribution < -0.4 is 0 Å². The number of hydrogen-bond donors (Lipinski definition) is 0. The molecule has 0 spiro atoms. The van der Waals surface area contributed by atoms with E-state index in [1.807, 2.05) is 0 Å². The molecule has 0 radical (unpaired) electrons. The van der Waals surface area contributed by atoms with Crippen LogP contribution in [0.15, 0.2) is 22.6 Å². The average Bonchev–Trinajstić information content (AvgIpc) is 2.06. The van der Waals surface area contributed by atoms with Crippen molar-refractivity contribution in [1.29, 1.82) is 0 Å². The van der Waals surface area contributed by atoms with Crippen molar-refractivity contribution in [3.8, 4) is 0 Å². The summed E-state index contributed by atoms with van der Waals surface area (Å²) in [4.78, 5) is 26.3. The van der Waals surface area contributed by atoms with Gasteiger partial charge < -0.3 is 0 Å². The Balaban J connectivity index is 3.86. The largest absolute Gasteiger partial charge is 0.237 e. The van der Waals surface area contributed by atoms with Crippen LogP contribution in [0.3, 0.4) is 0 Å². The molecular weight excluding hydrogens is 156 g/mol. The van der Waals surface area contributed by atoms with E-state index < -0.39 is 6.17 Å². The lowest BCUT2D eigenvalue weighted by atomic mass is 10.2. The highest BCUT2D eigenvalue weighted by molar-refractivity contribution is 5.36. The van der Waals surface area contributed by atoms with E-state index in [2.05, 4.69) is 16.6 Å². The SMILES string of the molecule is C=CCCCC(N=C=O)N=C=O. The number of nitrogens with zero attached hydrogens (tertiary/aromatic N) is 2. The predicted octanol–water partition coefficient (Wildman–Crippen LogP) is 1.34. The molecule has 64 valence electrons. The second-order valence-electron chi connectivity index (χ2n) is 2.14. The van der Waals surface area contributed by atoms with Crippen molar-refractivity contribution in [1.82, 2.24) is 0 Å². The molecule has 0 atom stereocenters. The molecule has 0 fully saturated rings. The number of rotatable bonds is 6. The summed E-state index contributed by atoms with van der Waals surface area (Å²) < 4.78 is 0. The Labute approximate surface area is 70.7 Å². The van der Waals surface area contributed by atoms with Crippen molar-refractivity contribution in [2.75, 3.05) is 0 Å². The lowest BCUT2D eigenvalue weighted by molar-refractivity contribution is 0.538. The molecule has 0 bridgehead atoms. The monoisotopic (exact) mass is 166 g/mol. The summed E-state index contributed by atoms with van der Waals surface area (Å²) >= 11 is 0. The average molecular weight is 166 g/mol. The Hall–Kier alpha value is -1.50. The Bertz CT molecular complexity index is 207. The first-order chi connectivity index (χ1) is 5.85. The van der Waals surface area contributed by atoms with Gasteiger partial charge in [0.05, 0.1) is 0 Å². The fraction of sp³-hybridized carbons (Fsp3) is 0.500. The topological polar surface area (TPSA) is 58.9 Å². The van der Waals surface area contributed by atoms with Gasteiger partial charge in [0.2, 0.25) is 12.2 Å². The van der Waals surface area contributed by atoms with Crippen LogP contribution in [0.2, 0.25) is 0 Å². The molecule has 0 aliphatic rings. The quantitative estimate of drug-likeness (QED) is 0.259. The highest BCUT2D eigenvalue weighted by Gasteiger charge is 2.01. The van der Waals surface area contributed by atoms with Gasteiger partial charge in [0.15, 0.2) is 6.17 Å². The van der Waals surface area contributed by atoms with Crippen LogP contribution in [0, 0.1) is 0 Å². The molecule has 0 unspecified atom stereocenters. The van der Waals surface area contributed by atoms with Gasteiger partial charge in [-0.15, -0.1) is 6.58 Å². The summed E-state index contributed by atoms with van der Waals surface area (Å²) in [5.74, 6) is 0. The lowest BCUT2D eigenvalue weighted by Crippen LogP contribution is -1.98. The zero-order valence-electron chi connectivity index (χ0n) is 6.69. The fourth-order valence-corrected chi connectivity index (χ4v) is 0.724. The van der Waals surface area contributed by atoms with Crippen LogP contribution in [0.5, 0.6) is 0 Å². The van der Waals surface area contributed by atoms with Gasteiger partial charge in [0.25, 0.3) is 0 Å². The van der Waals surface area contributed by atoms with Crippen LogP contribution >= 0.6 is 0 Å². The molecule has 0 amide bonds. The minimum Gasteiger partial charge on any atom is -0.211 e. The number of hydrogen-bond acceptors (Lipinski definition) is 4. The lowest BCUT2D eigenvalue weighted by Gasteiger charge is -1.99. The third kappa shape index (κ3) is 5.30. The van der Waals surface area contributed by atoms with E-state index in [-0.39, 0.29) is 0 Å². The molecule has 0 rings (SSSR count). The van der Waals surface area contributed by atoms with E-state index in [0.717, 1.165) is 12.8 Å². The molecule has 0 aliphatic heterocycles. The van der Waals surface area contributed by atoms with Gasteiger partial charge in [-0.25, -0.2) is 9.59 Å². The van der Waals surface area contributed by atoms with Gasteiger partial charge in [-0.2, -0.15) is 9.98 Å². The molecular formula is C8H10N2O2. The minimum absolute atomic E-state index is 0.552. The van der Waals surface area contributed by atoms with Gasteiger partial charge in [-0.3, -0.25) is 0 Å². The highest BCUT2D eigenvalue weighted by atomic mass is 16.1. The second kappa shape index (κ2) is 7.61. The third-order valence-electron chi connectivity index (χ3n) is 1.27. The molecule has 0 heterocycles. The van der Waals surface area contributed by atoms with Crippen molar-refractivity contribution < 1.29 is 9.59 Å². The molecule has 0 aromatic heterocycles. The van der Waals surface area contributed by atoms with E-state index in [4.69, 9.17) is 0 Å². The van der Waals surface area contributed by atoms with Crippen molar-refractivity contribution in [2.45, 2.75) is 25.4 Å². The van der Waals surface area contributed by atoms with Crippen LogP contribution in [0.1, 0.15) is 19.3 Å². The van der Waals surface area contributed by atoms with Crippen molar-refractivity contribution in [3.63, 3.8) is 0 Å². The first kappa shape index (κ1) is 10.5. The number of allylic oxidation sites excluding steroid dienone is 1. The number of isocyanates is 2. The number of unbranched alkanes of at least 4 members (excludes halogenated alkanes) is 1. The van der Waals surface area contributed by atoms with E-state index >= 15 is 0 Å². The van der Waals surface area contributed by atoms with Crippen molar-refractivity contribution >= 4 is 12.2 Å². The van der Waals surface area contributed by atoms with Gasteiger partial charge in [0.1, 0.15) is 0 Å². The van der Waals surface area contributed by atoms with Gasteiger partial charge >= 0.3 is 0 Å². The zero-order valence-corrected chi connectivity index (χ0v) is 6.69. The molecule has 0 aromatic carbocycles. The molecule has 4 nitrogen and oxygen atoms in total.